The lowest BCUT2D eigenvalue weighted by molar-refractivity contribution is -0.120. The molecule has 0 saturated heterocycles. The van der Waals surface area contributed by atoms with Crippen molar-refractivity contribution in [3.05, 3.63) is 12.7 Å². The van der Waals surface area contributed by atoms with Crippen LogP contribution in [0.3, 0.4) is 0 Å². The fourth-order valence-corrected chi connectivity index (χ4v) is 0.751. The first-order chi connectivity index (χ1) is 4.63. The molecule has 0 aromatic carbocycles. The molecule has 0 amide bonds. The molecule has 3 nitrogen and oxygen atoms in total. The Labute approximate surface area is 60.7 Å². The van der Waals surface area contributed by atoms with Gasteiger partial charge in [0.25, 0.3) is 0 Å². The van der Waals surface area contributed by atoms with E-state index >= 15 is 0 Å². The summed E-state index contributed by atoms with van der Waals surface area (Å²) in [5, 5.41) is 11.8. The highest BCUT2D eigenvalue weighted by atomic mass is 16.3. The number of aliphatic hydroxyl groups is 1. The Bertz CT molecular complexity index is 134. The number of rotatable bonds is 4. The van der Waals surface area contributed by atoms with Crippen molar-refractivity contribution in [1.29, 1.82) is 0 Å². The molecule has 0 aliphatic rings. The Morgan fingerprint density at radius 1 is 1.80 bits per heavy atom. The molecule has 0 aromatic heterocycles. The number of nitrogens with one attached hydrogen (secondary N) is 1. The van der Waals surface area contributed by atoms with Crippen LogP contribution in [0.15, 0.2) is 12.7 Å². The summed E-state index contributed by atoms with van der Waals surface area (Å²) in [5.41, 5.74) is 0. The van der Waals surface area contributed by atoms with E-state index in [9.17, 15) is 4.79 Å². The van der Waals surface area contributed by atoms with Gasteiger partial charge >= 0.3 is 0 Å². The number of hydrogen-bond donors (Lipinski definition) is 2. The standard InChI is InChI=1S/C7H13NO2/c1-4-6(10)7(8-3)5(2)9/h4,6-8,10H,1H2,2-3H3/t6-,7-/m1/s1. The van der Waals surface area contributed by atoms with E-state index in [2.05, 4.69) is 11.9 Å². The van der Waals surface area contributed by atoms with Gasteiger partial charge in [0.15, 0.2) is 0 Å². The van der Waals surface area contributed by atoms with Gasteiger partial charge in [-0.05, 0) is 14.0 Å². The fourth-order valence-electron chi connectivity index (χ4n) is 0.751. The molecule has 0 aliphatic heterocycles. The van der Waals surface area contributed by atoms with Gasteiger partial charge in [0.1, 0.15) is 5.78 Å². The van der Waals surface area contributed by atoms with Gasteiger partial charge in [-0.3, -0.25) is 4.79 Å². The summed E-state index contributed by atoms with van der Waals surface area (Å²) in [6, 6.07) is -0.516. The van der Waals surface area contributed by atoms with Crippen molar-refractivity contribution in [3.8, 4) is 0 Å². The molecule has 0 radical (unpaired) electrons. The van der Waals surface area contributed by atoms with Crippen LogP contribution in [0.5, 0.6) is 0 Å². The molecule has 0 aromatic rings. The van der Waals surface area contributed by atoms with Gasteiger partial charge < -0.3 is 10.4 Å². The molecule has 0 spiro atoms. The monoisotopic (exact) mass is 143 g/mol. The van der Waals surface area contributed by atoms with Crippen LogP contribution in [0.4, 0.5) is 0 Å². The zero-order chi connectivity index (χ0) is 8.15. The van der Waals surface area contributed by atoms with Crippen molar-refractivity contribution < 1.29 is 9.90 Å². The number of likely N-dealkylation sites (N-methyl/N-ethyl adjacent to an activating group) is 1. The summed E-state index contributed by atoms with van der Waals surface area (Å²) < 4.78 is 0. The van der Waals surface area contributed by atoms with Gasteiger partial charge in [0.05, 0.1) is 12.1 Å². The van der Waals surface area contributed by atoms with E-state index in [4.69, 9.17) is 5.11 Å². The molecule has 3 heteroatoms. The first-order valence-corrected chi connectivity index (χ1v) is 3.11. The first-order valence-electron chi connectivity index (χ1n) is 3.11. The summed E-state index contributed by atoms with van der Waals surface area (Å²) in [7, 11) is 1.62. The zero-order valence-electron chi connectivity index (χ0n) is 6.29. The highest BCUT2D eigenvalue weighted by Crippen LogP contribution is 1.94. The second kappa shape index (κ2) is 4.19. The Morgan fingerprint density at radius 2 is 2.30 bits per heavy atom. The third-order valence-electron chi connectivity index (χ3n) is 1.33. The highest BCUT2D eigenvalue weighted by molar-refractivity contribution is 5.82. The predicted molar refractivity (Wildman–Crippen MR) is 39.7 cm³/mol. The van der Waals surface area contributed by atoms with Crippen LogP contribution in [0.25, 0.3) is 0 Å². The van der Waals surface area contributed by atoms with Crippen molar-refractivity contribution in [2.24, 2.45) is 0 Å². The zero-order valence-corrected chi connectivity index (χ0v) is 6.29. The van der Waals surface area contributed by atoms with E-state index in [0.29, 0.717) is 0 Å². The predicted octanol–water partition coefficient (Wildman–Crippen LogP) is -0.290. The molecule has 0 rings (SSSR count). The number of aliphatic hydroxyl groups excluding tert-OH is 1. The maximum Gasteiger partial charge on any atom is 0.149 e. The average molecular weight is 143 g/mol. The molecular weight excluding hydrogens is 130 g/mol. The Hall–Kier alpha value is -0.670. The van der Waals surface area contributed by atoms with Gasteiger partial charge in [-0.15, -0.1) is 6.58 Å². The molecule has 0 heterocycles. The summed E-state index contributed by atoms with van der Waals surface area (Å²) in [5.74, 6) is -0.0881. The molecule has 0 fully saturated rings. The van der Waals surface area contributed by atoms with E-state index < -0.39 is 12.1 Å². The largest absolute Gasteiger partial charge is 0.387 e. The first kappa shape index (κ1) is 9.33. The SMILES string of the molecule is C=C[C@@H](O)[C@H](NC)C(C)=O. The summed E-state index contributed by atoms with van der Waals surface area (Å²) in [6.07, 6.45) is 0.547. The molecule has 0 unspecified atom stereocenters. The number of carbonyl (C=O) groups is 1. The van der Waals surface area contributed by atoms with Gasteiger partial charge in [-0.1, -0.05) is 6.08 Å². The van der Waals surface area contributed by atoms with E-state index in [-0.39, 0.29) is 5.78 Å². The third-order valence-corrected chi connectivity index (χ3v) is 1.33. The summed E-state index contributed by atoms with van der Waals surface area (Å²) in [4.78, 5) is 10.7. The van der Waals surface area contributed by atoms with Crippen LogP contribution in [0.1, 0.15) is 6.92 Å². The molecule has 58 valence electrons. The topological polar surface area (TPSA) is 49.3 Å². The minimum absolute atomic E-state index is 0.0881. The Morgan fingerprint density at radius 3 is 2.40 bits per heavy atom. The van der Waals surface area contributed by atoms with Crippen LogP contribution >= 0.6 is 0 Å². The van der Waals surface area contributed by atoms with E-state index in [1.165, 1.54) is 13.0 Å². The molecule has 2 N–H and O–H groups in total. The third kappa shape index (κ3) is 2.29. The number of carbonyl (C=O) groups excluding carboxylic acids is 1. The lowest BCUT2D eigenvalue weighted by Gasteiger charge is -2.15. The van der Waals surface area contributed by atoms with Crippen molar-refractivity contribution >= 4 is 5.78 Å². The Kier molecular flexibility index (Phi) is 3.91. The smallest absolute Gasteiger partial charge is 0.149 e. The van der Waals surface area contributed by atoms with E-state index in [0.717, 1.165) is 0 Å². The molecule has 10 heavy (non-hydrogen) atoms. The maximum absolute atomic E-state index is 10.7. The maximum atomic E-state index is 10.7. The van der Waals surface area contributed by atoms with Crippen molar-refractivity contribution in [2.45, 2.75) is 19.1 Å². The second-order valence-corrected chi connectivity index (χ2v) is 2.10. The molecule has 2 atom stereocenters. The van der Waals surface area contributed by atoms with Gasteiger partial charge in [0, 0.05) is 0 Å². The average Bonchev–Trinajstić information content (AvgIpc) is 1.88. The number of Topliss-reactive ketones (excluding diaryl/α,β-unsaturated/α-hetero) is 1. The lowest BCUT2D eigenvalue weighted by Crippen LogP contribution is -2.41. The van der Waals surface area contributed by atoms with Crippen molar-refractivity contribution in [2.75, 3.05) is 7.05 Å². The summed E-state index contributed by atoms with van der Waals surface area (Å²) in [6.45, 7) is 4.79. The summed E-state index contributed by atoms with van der Waals surface area (Å²) >= 11 is 0. The van der Waals surface area contributed by atoms with Gasteiger partial charge in [-0.25, -0.2) is 0 Å². The normalized spacial score (nSPS) is 15.9. The van der Waals surface area contributed by atoms with Crippen LogP contribution in [-0.4, -0.2) is 30.1 Å². The van der Waals surface area contributed by atoms with Crippen LogP contribution in [0, 0.1) is 0 Å². The van der Waals surface area contributed by atoms with E-state index in [1.54, 1.807) is 7.05 Å². The fraction of sp³-hybridized carbons (Fsp3) is 0.571. The van der Waals surface area contributed by atoms with Gasteiger partial charge in [-0.2, -0.15) is 0 Å². The number of hydrogen-bond acceptors (Lipinski definition) is 3. The second-order valence-electron chi connectivity index (χ2n) is 2.10. The van der Waals surface area contributed by atoms with Crippen LogP contribution < -0.4 is 5.32 Å². The highest BCUT2D eigenvalue weighted by Gasteiger charge is 2.17. The molecule has 0 aliphatic carbocycles. The van der Waals surface area contributed by atoms with Crippen molar-refractivity contribution in [3.63, 3.8) is 0 Å². The van der Waals surface area contributed by atoms with Crippen LogP contribution in [-0.2, 0) is 4.79 Å². The van der Waals surface area contributed by atoms with Crippen molar-refractivity contribution in [1.82, 2.24) is 5.32 Å². The van der Waals surface area contributed by atoms with Gasteiger partial charge in [0.2, 0.25) is 0 Å². The Balaban J connectivity index is 4.05. The molecule has 0 bridgehead atoms. The minimum Gasteiger partial charge on any atom is -0.387 e. The molecular formula is C7H13NO2. The quantitative estimate of drug-likeness (QED) is 0.532. The minimum atomic E-state index is -0.789. The van der Waals surface area contributed by atoms with E-state index in [1.807, 2.05) is 0 Å². The molecule has 0 saturated carbocycles. The van der Waals surface area contributed by atoms with Crippen LogP contribution in [0.2, 0.25) is 0 Å². The number of ketones is 1. The lowest BCUT2D eigenvalue weighted by atomic mass is 10.1.